The highest BCUT2D eigenvalue weighted by Crippen LogP contribution is 2.21. The van der Waals surface area contributed by atoms with E-state index >= 15 is 0 Å². The van der Waals surface area contributed by atoms with Gasteiger partial charge in [-0.15, -0.1) is 11.3 Å². The maximum absolute atomic E-state index is 11.1. The molecule has 2 heterocycles. The highest BCUT2D eigenvalue weighted by molar-refractivity contribution is 7.10. The van der Waals surface area contributed by atoms with E-state index in [0.717, 1.165) is 0 Å². The number of anilines is 2. The van der Waals surface area contributed by atoms with Gasteiger partial charge >= 0.3 is 0 Å². The predicted octanol–water partition coefficient (Wildman–Crippen LogP) is 2.63. The fourth-order valence-electron chi connectivity index (χ4n) is 1.66. The molecule has 0 aliphatic rings. The number of carbonyl (C=O) groups excluding carboxylic acids is 1. The van der Waals surface area contributed by atoms with E-state index in [2.05, 4.69) is 31.7 Å². The molecule has 1 atom stereocenters. The lowest BCUT2D eigenvalue weighted by Gasteiger charge is -2.13. The number of nitrogens with one attached hydrogen (secondary N) is 2. The second-order valence-corrected chi connectivity index (χ2v) is 5.29. The van der Waals surface area contributed by atoms with Gasteiger partial charge in [-0.1, -0.05) is 13.0 Å². The third kappa shape index (κ3) is 3.74. The molecule has 2 N–H and O–H groups in total. The zero-order valence-corrected chi connectivity index (χ0v) is 12.5. The maximum Gasteiger partial charge on any atom is 0.234 e. The molecule has 0 saturated carbocycles. The van der Waals surface area contributed by atoms with Gasteiger partial charge in [0.2, 0.25) is 17.8 Å². The SMILES string of the molecule is CCc1nc(NC(C)=O)nc(NC(C)c2cccs2)n1. The van der Waals surface area contributed by atoms with Gasteiger partial charge in [-0.25, -0.2) is 0 Å². The molecule has 2 rings (SSSR count). The number of thiophene rings is 1. The van der Waals surface area contributed by atoms with Crippen molar-refractivity contribution in [2.75, 3.05) is 10.6 Å². The van der Waals surface area contributed by atoms with Crippen molar-refractivity contribution in [3.05, 3.63) is 28.2 Å². The van der Waals surface area contributed by atoms with E-state index in [1.165, 1.54) is 11.8 Å². The Balaban J connectivity index is 2.19. The summed E-state index contributed by atoms with van der Waals surface area (Å²) in [7, 11) is 0. The zero-order chi connectivity index (χ0) is 14.5. The van der Waals surface area contributed by atoms with Crippen LogP contribution in [0.15, 0.2) is 17.5 Å². The molecule has 1 unspecified atom stereocenters. The lowest BCUT2D eigenvalue weighted by Crippen LogP contribution is -2.15. The summed E-state index contributed by atoms with van der Waals surface area (Å²) < 4.78 is 0. The molecule has 106 valence electrons. The molecular weight excluding hydrogens is 274 g/mol. The molecule has 20 heavy (non-hydrogen) atoms. The number of rotatable bonds is 5. The van der Waals surface area contributed by atoms with Crippen LogP contribution in [-0.2, 0) is 11.2 Å². The van der Waals surface area contributed by atoms with Crippen LogP contribution in [0.2, 0.25) is 0 Å². The van der Waals surface area contributed by atoms with Gasteiger partial charge in [0.05, 0.1) is 6.04 Å². The van der Waals surface area contributed by atoms with Crippen molar-refractivity contribution in [3.8, 4) is 0 Å². The molecule has 0 aliphatic heterocycles. The molecule has 0 saturated heterocycles. The Morgan fingerprint density at radius 3 is 2.70 bits per heavy atom. The minimum absolute atomic E-state index is 0.104. The van der Waals surface area contributed by atoms with Crippen molar-refractivity contribution in [3.63, 3.8) is 0 Å². The quantitative estimate of drug-likeness (QED) is 0.885. The van der Waals surface area contributed by atoms with E-state index in [4.69, 9.17) is 0 Å². The summed E-state index contributed by atoms with van der Waals surface area (Å²) in [6, 6.07) is 4.16. The highest BCUT2D eigenvalue weighted by atomic mass is 32.1. The van der Waals surface area contributed by atoms with E-state index in [9.17, 15) is 4.79 Å². The zero-order valence-electron chi connectivity index (χ0n) is 11.7. The van der Waals surface area contributed by atoms with Gasteiger partial charge in [-0.05, 0) is 18.4 Å². The molecule has 2 aromatic heterocycles. The molecule has 2 aromatic rings. The van der Waals surface area contributed by atoms with Gasteiger partial charge in [0, 0.05) is 18.2 Å². The van der Waals surface area contributed by atoms with E-state index in [1.54, 1.807) is 11.3 Å². The minimum atomic E-state index is -0.199. The van der Waals surface area contributed by atoms with Crippen molar-refractivity contribution >= 4 is 29.1 Å². The predicted molar refractivity (Wildman–Crippen MR) is 79.9 cm³/mol. The van der Waals surface area contributed by atoms with E-state index in [-0.39, 0.29) is 17.9 Å². The summed E-state index contributed by atoms with van der Waals surface area (Å²) in [6.07, 6.45) is 0.678. The summed E-state index contributed by atoms with van der Waals surface area (Å²) in [5, 5.41) is 7.85. The molecule has 0 spiro atoms. The first kappa shape index (κ1) is 14.4. The Morgan fingerprint density at radius 2 is 2.10 bits per heavy atom. The number of aryl methyl sites for hydroxylation is 1. The Bertz CT molecular complexity index is 584. The van der Waals surface area contributed by atoms with Crippen molar-refractivity contribution in [1.29, 1.82) is 0 Å². The van der Waals surface area contributed by atoms with Crippen LogP contribution in [0.25, 0.3) is 0 Å². The van der Waals surface area contributed by atoms with Crippen LogP contribution in [0.3, 0.4) is 0 Å². The fourth-order valence-corrected chi connectivity index (χ4v) is 2.39. The van der Waals surface area contributed by atoms with E-state index < -0.39 is 0 Å². The summed E-state index contributed by atoms with van der Waals surface area (Å²) in [6.45, 7) is 5.43. The van der Waals surface area contributed by atoms with Crippen LogP contribution in [-0.4, -0.2) is 20.9 Å². The van der Waals surface area contributed by atoms with Gasteiger partial charge in [-0.2, -0.15) is 15.0 Å². The first-order valence-corrected chi connectivity index (χ1v) is 7.29. The summed E-state index contributed by atoms with van der Waals surface area (Å²) >= 11 is 1.67. The Hall–Kier alpha value is -2.02. The van der Waals surface area contributed by atoms with Crippen molar-refractivity contribution in [2.45, 2.75) is 33.2 Å². The summed E-state index contributed by atoms with van der Waals surface area (Å²) in [4.78, 5) is 25.0. The number of carbonyl (C=O) groups is 1. The van der Waals surface area contributed by atoms with Crippen LogP contribution in [0.5, 0.6) is 0 Å². The Kier molecular flexibility index (Phi) is 4.62. The molecule has 7 heteroatoms. The Morgan fingerprint density at radius 1 is 1.35 bits per heavy atom. The number of amides is 1. The highest BCUT2D eigenvalue weighted by Gasteiger charge is 2.11. The van der Waals surface area contributed by atoms with Crippen molar-refractivity contribution in [1.82, 2.24) is 15.0 Å². The molecule has 0 fully saturated rings. The lowest BCUT2D eigenvalue weighted by molar-refractivity contribution is -0.114. The van der Waals surface area contributed by atoms with E-state index in [1.807, 2.05) is 25.3 Å². The maximum atomic E-state index is 11.1. The number of hydrogen-bond acceptors (Lipinski definition) is 6. The molecule has 0 radical (unpaired) electrons. The number of nitrogens with zero attached hydrogens (tertiary/aromatic N) is 3. The second-order valence-electron chi connectivity index (χ2n) is 4.32. The number of hydrogen-bond donors (Lipinski definition) is 2. The second kappa shape index (κ2) is 6.42. The minimum Gasteiger partial charge on any atom is -0.347 e. The third-order valence-corrected chi connectivity index (χ3v) is 3.66. The van der Waals surface area contributed by atoms with Gasteiger partial charge in [0.15, 0.2) is 0 Å². The molecule has 0 bridgehead atoms. The smallest absolute Gasteiger partial charge is 0.234 e. The largest absolute Gasteiger partial charge is 0.347 e. The van der Waals surface area contributed by atoms with Crippen LogP contribution in [0.4, 0.5) is 11.9 Å². The van der Waals surface area contributed by atoms with Crippen LogP contribution < -0.4 is 10.6 Å². The fraction of sp³-hybridized carbons (Fsp3) is 0.385. The van der Waals surface area contributed by atoms with Gasteiger partial charge in [-0.3, -0.25) is 10.1 Å². The van der Waals surface area contributed by atoms with Gasteiger partial charge in [0.1, 0.15) is 5.82 Å². The Labute approximate surface area is 121 Å². The monoisotopic (exact) mass is 291 g/mol. The van der Waals surface area contributed by atoms with E-state index in [0.29, 0.717) is 18.2 Å². The molecule has 0 aromatic carbocycles. The van der Waals surface area contributed by atoms with Crippen LogP contribution in [0.1, 0.15) is 37.5 Å². The normalized spacial score (nSPS) is 11.9. The topological polar surface area (TPSA) is 79.8 Å². The lowest BCUT2D eigenvalue weighted by atomic mass is 10.3. The standard InChI is InChI=1S/C13H17N5OS/c1-4-11-16-12(18-13(17-11)15-9(3)19)14-8(2)10-6-5-7-20-10/h5-8H,4H2,1-3H3,(H2,14,15,16,17,18,19). The first-order chi connectivity index (χ1) is 9.58. The third-order valence-electron chi connectivity index (χ3n) is 2.60. The summed E-state index contributed by atoms with van der Waals surface area (Å²) in [5.41, 5.74) is 0. The molecule has 1 amide bonds. The van der Waals surface area contributed by atoms with Crippen molar-refractivity contribution in [2.24, 2.45) is 0 Å². The summed E-state index contributed by atoms with van der Waals surface area (Å²) in [5.74, 6) is 1.20. The van der Waals surface area contributed by atoms with Gasteiger partial charge < -0.3 is 5.32 Å². The molecule has 6 nitrogen and oxygen atoms in total. The molecule has 0 aliphatic carbocycles. The van der Waals surface area contributed by atoms with Gasteiger partial charge in [0.25, 0.3) is 0 Å². The average Bonchev–Trinajstić information content (AvgIpc) is 2.91. The van der Waals surface area contributed by atoms with Crippen LogP contribution >= 0.6 is 11.3 Å². The number of aromatic nitrogens is 3. The average molecular weight is 291 g/mol. The first-order valence-electron chi connectivity index (χ1n) is 6.41. The van der Waals surface area contributed by atoms with Crippen molar-refractivity contribution < 1.29 is 4.79 Å². The molecular formula is C13H17N5OS. The van der Waals surface area contributed by atoms with Crippen LogP contribution in [0, 0.1) is 0 Å².